The zero-order valence-electron chi connectivity index (χ0n) is 18.1. The normalized spacial score (nSPS) is 12.6. The minimum Gasteiger partial charge on any atom is -0.418 e. The van der Waals surface area contributed by atoms with Crippen molar-refractivity contribution < 1.29 is 50.1 Å². The van der Waals surface area contributed by atoms with Crippen LogP contribution in [0.4, 0.5) is 30.2 Å². The largest absolute Gasteiger partial charge is 0.501 e. The van der Waals surface area contributed by atoms with E-state index in [-0.39, 0.29) is 16.8 Å². The second-order valence-electron chi connectivity index (χ2n) is 7.10. The van der Waals surface area contributed by atoms with E-state index in [1.807, 2.05) is 0 Å². The number of halogens is 3. The lowest BCUT2D eigenvalue weighted by Gasteiger charge is -2.10. The molecule has 3 aromatic rings. The van der Waals surface area contributed by atoms with Gasteiger partial charge < -0.3 is 4.74 Å². The van der Waals surface area contributed by atoms with Gasteiger partial charge in [0.05, 0.1) is 41.9 Å². The number of carbonyl (C=O) groups excluding carboxylic acids is 1. The summed E-state index contributed by atoms with van der Waals surface area (Å²) in [5, 5.41) is 33.8. The molecule has 0 spiro atoms. The number of carbonyl (C=O) groups is 1. The Morgan fingerprint density at radius 1 is 0.868 bits per heavy atom. The average molecular weight is 577 g/mol. The SMILES string of the molecule is O=C(CS(=O)c1ccc(S(=O)(=O)C(F)(F)F)cc1[N+](=O)[O-])Oc1c([N+](=O)[O-])cc([N+](=O)[O-])c2ccccc12. The minimum absolute atomic E-state index is 0.0239. The van der Waals surface area contributed by atoms with Gasteiger partial charge in [0.2, 0.25) is 5.75 Å². The maximum atomic E-state index is 12.8. The molecule has 0 radical (unpaired) electrons. The van der Waals surface area contributed by atoms with Gasteiger partial charge >= 0.3 is 17.2 Å². The molecule has 0 heterocycles. The summed E-state index contributed by atoms with van der Waals surface area (Å²) in [6.07, 6.45) is 0. The summed E-state index contributed by atoms with van der Waals surface area (Å²) >= 11 is 0. The van der Waals surface area contributed by atoms with E-state index in [9.17, 15) is 60.9 Å². The number of ether oxygens (including phenoxy) is 1. The average Bonchev–Trinajstić information content (AvgIpc) is 2.82. The Morgan fingerprint density at radius 3 is 1.95 bits per heavy atom. The van der Waals surface area contributed by atoms with Crippen molar-refractivity contribution in [2.75, 3.05) is 5.75 Å². The van der Waals surface area contributed by atoms with Crippen LogP contribution in [-0.2, 0) is 25.4 Å². The molecule has 0 aliphatic heterocycles. The highest BCUT2D eigenvalue weighted by molar-refractivity contribution is 7.92. The molecule has 3 aromatic carbocycles. The van der Waals surface area contributed by atoms with Gasteiger partial charge in [-0.15, -0.1) is 0 Å². The fourth-order valence-electron chi connectivity index (χ4n) is 3.17. The van der Waals surface area contributed by atoms with Crippen LogP contribution in [0, 0.1) is 30.3 Å². The second kappa shape index (κ2) is 10.1. The number of rotatable bonds is 8. The van der Waals surface area contributed by atoms with Crippen molar-refractivity contribution in [1.29, 1.82) is 0 Å². The van der Waals surface area contributed by atoms with Gasteiger partial charge in [-0.3, -0.25) is 39.3 Å². The van der Waals surface area contributed by atoms with E-state index in [2.05, 4.69) is 0 Å². The molecule has 0 aromatic heterocycles. The van der Waals surface area contributed by atoms with Crippen LogP contribution in [0.1, 0.15) is 0 Å². The van der Waals surface area contributed by atoms with Crippen LogP contribution in [0.15, 0.2) is 58.3 Å². The fourth-order valence-corrected chi connectivity index (χ4v) is 4.97. The molecule has 200 valence electrons. The molecule has 0 N–H and O–H groups in total. The summed E-state index contributed by atoms with van der Waals surface area (Å²) in [7, 11) is -8.70. The summed E-state index contributed by atoms with van der Waals surface area (Å²) in [5.74, 6) is -3.43. The van der Waals surface area contributed by atoms with Crippen LogP contribution >= 0.6 is 0 Å². The molecule has 14 nitrogen and oxygen atoms in total. The topological polar surface area (TPSA) is 207 Å². The molecule has 1 atom stereocenters. The number of sulfone groups is 1. The Labute approximate surface area is 210 Å². The first-order valence-electron chi connectivity index (χ1n) is 9.59. The van der Waals surface area contributed by atoms with Crippen molar-refractivity contribution in [2.24, 2.45) is 0 Å². The van der Waals surface area contributed by atoms with Crippen LogP contribution in [0.5, 0.6) is 5.75 Å². The highest BCUT2D eigenvalue weighted by atomic mass is 32.2. The van der Waals surface area contributed by atoms with E-state index in [0.29, 0.717) is 18.2 Å². The van der Waals surface area contributed by atoms with Crippen LogP contribution < -0.4 is 4.74 Å². The van der Waals surface area contributed by atoms with Crippen molar-refractivity contribution in [1.82, 2.24) is 0 Å². The number of nitro groups is 3. The molecule has 0 amide bonds. The van der Waals surface area contributed by atoms with E-state index in [1.165, 1.54) is 24.3 Å². The van der Waals surface area contributed by atoms with Crippen molar-refractivity contribution in [3.05, 3.63) is 78.9 Å². The molecule has 0 bridgehead atoms. The zero-order chi connectivity index (χ0) is 28.6. The number of esters is 1. The van der Waals surface area contributed by atoms with Gasteiger partial charge in [0.15, 0.2) is 0 Å². The Bertz CT molecular complexity index is 1660. The van der Waals surface area contributed by atoms with Gasteiger partial charge in [0, 0.05) is 11.5 Å². The van der Waals surface area contributed by atoms with Gasteiger partial charge in [0.25, 0.3) is 21.2 Å². The molecule has 3 rings (SSSR count). The van der Waals surface area contributed by atoms with E-state index in [0.717, 1.165) is 0 Å². The van der Waals surface area contributed by atoms with Crippen LogP contribution in [-0.4, -0.2) is 44.6 Å². The lowest BCUT2D eigenvalue weighted by atomic mass is 10.1. The van der Waals surface area contributed by atoms with Crippen LogP contribution in [0.2, 0.25) is 0 Å². The van der Waals surface area contributed by atoms with Crippen molar-refractivity contribution >= 4 is 54.4 Å². The summed E-state index contributed by atoms with van der Waals surface area (Å²) < 4.78 is 79.1. The molecular formula is C19H10F3N3O11S2. The molecule has 0 saturated heterocycles. The first-order valence-corrected chi connectivity index (χ1v) is 12.4. The Morgan fingerprint density at radius 2 is 1.42 bits per heavy atom. The standard InChI is InChI=1S/C19H10F3N3O11S2/c20-19(21,22)38(34,35)10-5-6-16(14(7-10)24(29)30)37(33)9-17(26)36-18-12-4-2-1-3-11(12)13(23(27)28)8-15(18)25(31)32/h1-8H,9H2. The first-order chi connectivity index (χ1) is 17.6. The summed E-state index contributed by atoms with van der Waals surface area (Å²) in [4.78, 5) is 41.0. The number of alkyl halides is 3. The van der Waals surface area contributed by atoms with Crippen molar-refractivity contribution in [2.45, 2.75) is 15.3 Å². The van der Waals surface area contributed by atoms with Crippen LogP contribution in [0.3, 0.4) is 0 Å². The van der Waals surface area contributed by atoms with Crippen molar-refractivity contribution in [3.8, 4) is 5.75 Å². The predicted octanol–water partition coefficient (Wildman–Crippen LogP) is 3.57. The second-order valence-corrected chi connectivity index (χ2v) is 10.5. The monoisotopic (exact) mass is 577 g/mol. The number of nitro benzene ring substituents is 3. The third-order valence-corrected chi connectivity index (χ3v) is 7.62. The molecule has 0 aliphatic rings. The molecule has 0 fully saturated rings. The van der Waals surface area contributed by atoms with E-state index in [4.69, 9.17) is 4.74 Å². The fraction of sp³-hybridized carbons (Fsp3) is 0.105. The number of non-ortho nitro benzene ring substituents is 1. The van der Waals surface area contributed by atoms with Gasteiger partial charge in [-0.05, 0) is 18.2 Å². The number of hydrogen-bond acceptors (Lipinski definition) is 11. The van der Waals surface area contributed by atoms with Crippen LogP contribution in [0.25, 0.3) is 10.8 Å². The predicted molar refractivity (Wildman–Crippen MR) is 121 cm³/mol. The molecule has 19 heteroatoms. The number of benzene rings is 3. The Kier molecular flexibility index (Phi) is 7.45. The van der Waals surface area contributed by atoms with Gasteiger partial charge in [-0.2, -0.15) is 13.2 Å². The number of hydrogen-bond donors (Lipinski definition) is 0. The maximum absolute atomic E-state index is 12.8. The Hall–Kier alpha value is -4.52. The summed E-state index contributed by atoms with van der Waals surface area (Å²) in [6.45, 7) is 0. The van der Waals surface area contributed by atoms with Gasteiger partial charge in [0.1, 0.15) is 10.6 Å². The molecule has 38 heavy (non-hydrogen) atoms. The quantitative estimate of drug-likeness (QED) is 0.164. The smallest absolute Gasteiger partial charge is 0.418 e. The third kappa shape index (κ3) is 5.27. The van der Waals surface area contributed by atoms with Gasteiger partial charge in [-0.25, -0.2) is 8.42 Å². The van der Waals surface area contributed by atoms with E-state index in [1.54, 1.807) is 0 Å². The minimum atomic E-state index is -5.99. The summed E-state index contributed by atoms with van der Waals surface area (Å²) in [5.41, 5.74) is -8.77. The maximum Gasteiger partial charge on any atom is 0.501 e. The number of fused-ring (bicyclic) bond motifs is 1. The molecular weight excluding hydrogens is 567 g/mol. The third-order valence-electron chi connectivity index (χ3n) is 4.80. The van der Waals surface area contributed by atoms with Crippen molar-refractivity contribution in [3.63, 3.8) is 0 Å². The molecule has 0 aliphatic carbocycles. The van der Waals surface area contributed by atoms with E-state index < -0.39 is 85.2 Å². The lowest BCUT2D eigenvalue weighted by molar-refractivity contribution is -0.393. The van der Waals surface area contributed by atoms with E-state index >= 15 is 0 Å². The lowest BCUT2D eigenvalue weighted by Crippen LogP contribution is -2.23. The number of nitrogens with zero attached hydrogens (tertiary/aromatic N) is 3. The first kappa shape index (κ1) is 28.1. The summed E-state index contributed by atoms with van der Waals surface area (Å²) in [6, 6.07) is 6.39. The zero-order valence-corrected chi connectivity index (χ0v) is 19.7. The molecule has 0 saturated carbocycles. The Balaban J connectivity index is 2.00. The highest BCUT2D eigenvalue weighted by Gasteiger charge is 2.47. The van der Waals surface area contributed by atoms with Gasteiger partial charge in [-0.1, -0.05) is 18.2 Å². The highest BCUT2D eigenvalue weighted by Crippen LogP contribution is 2.41. The molecule has 1 unspecified atom stereocenters.